The molecule has 0 saturated carbocycles. The van der Waals surface area contributed by atoms with Gasteiger partial charge in [-0.2, -0.15) is 0 Å². The fraction of sp³-hybridized carbons (Fsp3) is 0.625. The molecule has 0 aromatic carbocycles. The van der Waals surface area contributed by atoms with E-state index < -0.39 is 26.9 Å². The average Bonchev–Trinajstić information content (AvgIpc) is 1.97. The normalized spacial score (nSPS) is 9.55. The van der Waals surface area contributed by atoms with Crippen molar-refractivity contribution in [1.82, 2.24) is 0 Å². The van der Waals surface area contributed by atoms with Gasteiger partial charge < -0.3 is 0 Å². The molecule has 0 fully saturated rings. The van der Waals surface area contributed by atoms with Crippen LogP contribution in [0.25, 0.3) is 0 Å². The van der Waals surface area contributed by atoms with Gasteiger partial charge in [0.2, 0.25) is 0 Å². The standard InChI is InChI=1S/C8H14O2Te/c1-3-4-5-6-11-7(2)8(9)10/h2-6H2,1H3,(H,9,10). The van der Waals surface area contributed by atoms with Crippen molar-refractivity contribution in [3.05, 3.63) is 10.2 Å². The number of carboxylic acids is 1. The maximum atomic E-state index is 10.3. The van der Waals surface area contributed by atoms with Crippen LogP contribution in [0.15, 0.2) is 10.2 Å². The molecule has 0 rings (SSSR count). The Kier molecular flexibility index (Phi) is 6.69. The minimum atomic E-state index is -0.802. The van der Waals surface area contributed by atoms with Crippen LogP contribution in [0.1, 0.15) is 26.2 Å². The molecule has 0 radical (unpaired) electrons. The van der Waals surface area contributed by atoms with Crippen LogP contribution in [0.5, 0.6) is 0 Å². The second-order valence-corrected chi connectivity index (χ2v) is 5.68. The Hall–Kier alpha value is -0.000390. The number of unbranched alkanes of at least 4 members (excludes halogenated alkanes) is 2. The van der Waals surface area contributed by atoms with Crippen LogP contribution in [-0.2, 0) is 4.79 Å². The van der Waals surface area contributed by atoms with Gasteiger partial charge in [0, 0.05) is 0 Å². The van der Waals surface area contributed by atoms with Crippen molar-refractivity contribution in [2.45, 2.75) is 30.7 Å². The van der Waals surface area contributed by atoms with Gasteiger partial charge in [0.25, 0.3) is 0 Å². The quantitative estimate of drug-likeness (QED) is 0.454. The Balaban J connectivity index is 3.25. The van der Waals surface area contributed by atoms with Gasteiger partial charge in [0.15, 0.2) is 0 Å². The fourth-order valence-corrected chi connectivity index (χ4v) is 2.66. The van der Waals surface area contributed by atoms with Crippen molar-refractivity contribution >= 4 is 26.9 Å². The van der Waals surface area contributed by atoms with Gasteiger partial charge >= 0.3 is 77.6 Å². The molecular weight excluding hydrogens is 256 g/mol. The Morgan fingerprint density at radius 1 is 1.55 bits per heavy atom. The molecule has 3 heteroatoms. The number of rotatable bonds is 6. The van der Waals surface area contributed by atoms with E-state index in [2.05, 4.69) is 13.5 Å². The van der Waals surface area contributed by atoms with Crippen molar-refractivity contribution in [2.24, 2.45) is 0 Å². The zero-order valence-electron chi connectivity index (χ0n) is 6.80. The van der Waals surface area contributed by atoms with Crippen LogP contribution in [0.4, 0.5) is 0 Å². The minimum absolute atomic E-state index is 0.452. The Morgan fingerprint density at radius 2 is 2.18 bits per heavy atom. The van der Waals surface area contributed by atoms with Crippen LogP contribution < -0.4 is 0 Å². The Labute approximate surface area is 77.8 Å². The summed E-state index contributed by atoms with van der Waals surface area (Å²) in [6, 6.07) is 0. The molecule has 1 N–H and O–H groups in total. The second-order valence-electron chi connectivity index (χ2n) is 2.28. The van der Waals surface area contributed by atoms with E-state index in [0.717, 1.165) is 4.47 Å². The fourth-order valence-electron chi connectivity index (χ4n) is 0.609. The van der Waals surface area contributed by atoms with Crippen LogP contribution >= 0.6 is 0 Å². The van der Waals surface area contributed by atoms with E-state index in [9.17, 15) is 4.79 Å². The first-order chi connectivity index (χ1) is 5.18. The van der Waals surface area contributed by atoms with Crippen molar-refractivity contribution < 1.29 is 9.90 Å². The number of hydrogen-bond acceptors (Lipinski definition) is 1. The molecule has 0 aromatic rings. The van der Waals surface area contributed by atoms with Gasteiger partial charge in [-0.15, -0.1) is 0 Å². The molecule has 0 saturated heterocycles. The van der Waals surface area contributed by atoms with Crippen LogP contribution in [0, 0.1) is 0 Å². The van der Waals surface area contributed by atoms with Crippen molar-refractivity contribution in [3.8, 4) is 0 Å². The summed E-state index contributed by atoms with van der Waals surface area (Å²) in [5.74, 6) is -0.802. The first kappa shape index (κ1) is 11.0. The first-order valence-electron chi connectivity index (χ1n) is 3.73. The number of carboxylic acid groups (broad SMARTS) is 1. The Bertz CT molecular complexity index is 143. The van der Waals surface area contributed by atoms with E-state index in [1.807, 2.05) is 0 Å². The third kappa shape index (κ3) is 6.40. The third-order valence-electron chi connectivity index (χ3n) is 1.26. The predicted molar refractivity (Wildman–Crippen MR) is 46.9 cm³/mol. The second kappa shape index (κ2) is 6.69. The molecular formula is C8H14O2Te. The summed E-state index contributed by atoms with van der Waals surface area (Å²) < 4.78 is 1.55. The van der Waals surface area contributed by atoms with Crippen molar-refractivity contribution in [1.29, 1.82) is 0 Å². The first-order valence-corrected chi connectivity index (χ1v) is 6.54. The predicted octanol–water partition coefficient (Wildman–Crippen LogP) is 1.90. The molecule has 0 aliphatic rings. The molecule has 11 heavy (non-hydrogen) atoms. The molecule has 64 valence electrons. The molecule has 0 heterocycles. The number of carbonyl (C=O) groups is 1. The van der Waals surface area contributed by atoms with E-state index in [1.165, 1.54) is 19.3 Å². The van der Waals surface area contributed by atoms with Gasteiger partial charge in [0.05, 0.1) is 0 Å². The summed E-state index contributed by atoms with van der Waals surface area (Å²) in [5.41, 5.74) is 0. The molecule has 0 atom stereocenters. The average molecular weight is 270 g/mol. The van der Waals surface area contributed by atoms with Crippen molar-refractivity contribution in [2.75, 3.05) is 0 Å². The SMILES string of the molecule is C=C([Te]CCCCC)C(=O)O. The van der Waals surface area contributed by atoms with Crippen LogP contribution in [0.2, 0.25) is 4.47 Å². The summed E-state index contributed by atoms with van der Waals surface area (Å²) in [5, 5.41) is 8.47. The summed E-state index contributed by atoms with van der Waals surface area (Å²) in [6.07, 6.45) is 3.59. The molecule has 0 amide bonds. The van der Waals surface area contributed by atoms with E-state index in [4.69, 9.17) is 5.11 Å². The molecule has 0 aromatic heterocycles. The molecule has 0 aliphatic heterocycles. The number of hydrogen-bond donors (Lipinski definition) is 1. The third-order valence-corrected chi connectivity index (χ3v) is 4.16. The number of aliphatic carboxylic acids is 1. The summed E-state index contributed by atoms with van der Waals surface area (Å²) in [7, 11) is 0. The summed E-state index contributed by atoms with van der Waals surface area (Å²) in [6.45, 7) is 5.66. The van der Waals surface area contributed by atoms with Gasteiger partial charge in [0.1, 0.15) is 0 Å². The zero-order valence-corrected chi connectivity index (χ0v) is 9.13. The molecule has 2 nitrogen and oxygen atoms in total. The van der Waals surface area contributed by atoms with E-state index in [-0.39, 0.29) is 0 Å². The molecule has 0 unspecified atom stereocenters. The molecule has 0 aliphatic carbocycles. The molecule has 0 bridgehead atoms. The maximum absolute atomic E-state index is 10.3. The summed E-state index contributed by atoms with van der Waals surface area (Å²) >= 11 is -0.452. The van der Waals surface area contributed by atoms with Gasteiger partial charge in [-0.05, 0) is 0 Å². The van der Waals surface area contributed by atoms with E-state index >= 15 is 0 Å². The van der Waals surface area contributed by atoms with E-state index in [1.54, 1.807) is 0 Å². The summed E-state index contributed by atoms with van der Waals surface area (Å²) in [4.78, 5) is 10.3. The molecule has 0 spiro atoms. The van der Waals surface area contributed by atoms with Crippen molar-refractivity contribution in [3.63, 3.8) is 0 Å². The van der Waals surface area contributed by atoms with Gasteiger partial charge in [-0.3, -0.25) is 0 Å². The van der Waals surface area contributed by atoms with Crippen LogP contribution in [-0.4, -0.2) is 32.0 Å². The van der Waals surface area contributed by atoms with Gasteiger partial charge in [-0.25, -0.2) is 0 Å². The Morgan fingerprint density at radius 3 is 2.64 bits per heavy atom. The van der Waals surface area contributed by atoms with E-state index in [0.29, 0.717) is 3.62 Å². The monoisotopic (exact) mass is 272 g/mol. The van der Waals surface area contributed by atoms with Gasteiger partial charge in [-0.1, -0.05) is 0 Å². The van der Waals surface area contributed by atoms with Crippen LogP contribution in [0.3, 0.4) is 0 Å². The zero-order chi connectivity index (χ0) is 8.69. The topological polar surface area (TPSA) is 37.3 Å².